The van der Waals surface area contributed by atoms with Crippen molar-refractivity contribution in [3.8, 4) is 11.5 Å². The molecule has 0 spiro atoms. The Morgan fingerprint density at radius 3 is 2.91 bits per heavy atom. The van der Waals surface area contributed by atoms with Gasteiger partial charge >= 0.3 is 0 Å². The van der Waals surface area contributed by atoms with Gasteiger partial charge in [-0.05, 0) is 43.5 Å². The Hall–Kier alpha value is -2.01. The highest BCUT2D eigenvalue weighted by atomic mass is 16.5. The number of rotatable bonds is 7. The maximum Gasteiger partial charge on any atom is 0.234 e. The predicted octanol–water partition coefficient (Wildman–Crippen LogP) is 2.36. The zero-order valence-corrected chi connectivity index (χ0v) is 14.1. The Morgan fingerprint density at radius 2 is 2.17 bits per heavy atom. The average Bonchev–Trinajstić information content (AvgIpc) is 2.71. The first-order chi connectivity index (χ1) is 11.1. The van der Waals surface area contributed by atoms with Gasteiger partial charge in [0.05, 0.1) is 13.2 Å². The van der Waals surface area contributed by atoms with Crippen molar-refractivity contribution in [1.29, 1.82) is 0 Å². The van der Waals surface area contributed by atoms with Gasteiger partial charge < -0.3 is 14.8 Å². The highest BCUT2D eigenvalue weighted by molar-refractivity contribution is 5.78. The van der Waals surface area contributed by atoms with Crippen molar-refractivity contribution in [3.63, 3.8) is 0 Å². The van der Waals surface area contributed by atoms with Gasteiger partial charge in [-0.2, -0.15) is 0 Å². The second kappa shape index (κ2) is 8.58. The number of hydrogen-bond acceptors (Lipinski definition) is 4. The van der Waals surface area contributed by atoms with Crippen LogP contribution in [0.4, 0.5) is 0 Å². The number of amides is 1. The number of carbonyl (C=O) groups excluding carboxylic acids is 1. The van der Waals surface area contributed by atoms with Gasteiger partial charge in [0.1, 0.15) is 6.61 Å². The number of ether oxygens (including phenoxy) is 2. The van der Waals surface area contributed by atoms with Crippen molar-refractivity contribution in [3.05, 3.63) is 35.9 Å². The Kier molecular flexibility index (Phi) is 6.47. The number of carbonyl (C=O) groups is 1. The summed E-state index contributed by atoms with van der Waals surface area (Å²) in [5.41, 5.74) is 2.08. The van der Waals surface area contributed by atoms with E-state index in [-0.39, 0.29) is 5.91 Å². The van der Waals surface area contributed by atoms with Crippen LogP contribution in [0, 0.1) is 0 Å². The fraction of sp³-hybridized carbons (Fsp3) is 0.500. The molecule has 0 unspecified atom stereocenters. The van der Waals surface area contributed by atoms with Crippen LogP contribution < -0.4 is 14.8 Å². The third-order valence-electron chi connectivity index (χ3n) is 3.53. The molecule has 0 aliphatic carbocycles. The maximum absolute atomic E-state index is 11.7. The Bertz CT molecular complexity index is 557. The van der Waals surface area contributed by atoms with Gasteiger partial charge in [-0.15, -0.1) is 0 Å². The van der Waals surface area contributed by atoms with Crippen molar-refractivity contribution in [2.45, 2.75) is 26.8 Å². The molecule has 1 saturated heterocycles. The number of hydrogen-bond donors (Lipinski definition) is 1. The summed E-state index contributed by atoms with van der Waals surface area (Å²) in [6.45, 7) is 11.6. The van der Waals surface area contributed by atoms with E-state index >= 15 is 0 Å². The minimum atomic E-state index is 0.0916. The lowest BCUT2D eigenvalue weighted by atomic mass is 10.2. The van der Waals surface area contributed by atoms with Crippen LogP contribution in [-0.4, -0.2) is 43.7 Å². The fourth-order valence-corrected chi connectivity index (χ4v) is 2.50. The van der Waals surface area contributed by atoms with Gasteiger partial charge in [0.15, 0.2) is 11.5 Å². The molecular formula is C18H26N2O3. The van der Waals surface area contributed by atoms with Crippen molar-refractivity contribution in [2.75, 3.05) is 32.8 Å². The third kappa shape index (κ3) is 5.60. The molecule has 0 bridgehead atoms. The molecule has 1 aliphatic rings. The van der Waals surface area contributed by atoms with E-state index in [9.17, 15) is 4.79 Å². The Balaban J connectivity index is 2.07. The van der Waals surface area contributed by atoms with Gasteiger partial charge in [-0.25, -0.2) is 0 Å². The summed E-state index contributed by atoms with van der Waals surface area (Å²) in [6, 6.07) is 5.96. The van der Waals surface area contributed by atoms with E-state index in [1.807, 2.05) is 32.0 Å². The average molecular weight is 318 g/mol. The van der Waals surface area contributed by atoms with Crippen molar-refractivity contribution < 1.29 is 14.3 Å². The minimum absolute atomic E-state index is 0.0916. The molecule has 1 amide bonds. The van der Waals surface area contributed by atoms with Gasteiger partial charge in [0, 0.05) is 19.6 Å². The van der Waals surface area contributed by atoms with Crippen LogP contribution in [-0.2, 0) is 11.3 Å². The number of benzene rings is 1. The summed E-state index contributed by atoms with van der Waals surface area (Å²) in [4.78, 5) is 13.8. The van der Waals surface area contributed by atoms with Crippen molar-refractivity contribution in [2.24, 2.45) is 0 Å². The van der Waals surface area contributed by atoms with Crippen LogP contribution in [0.25, 0.3) is 0 Å². The van der Waals surface area contributed by atoms with Crippen LogP contribution in [0.2, 0.25) is 0 Å². The molecule has 126 valence electrons. The molecule has 2 rings (SSSR count). The van der Waals surface area contributed by atoms with Crippen LogP contribution in [0.1, 0.15) is 25.8 Å². The van der Waals surface area contributed by atoms with Crippen LogP contribution >= 0.6 is 0 Å². The largest absolute Gasteiger partial charge is 0.490 e. The molecule has 1 heterocycles. The second-order valence-corrected chi connectivity index (χ2v) is 5.87. The van der Waals surface area contributed by atoms with Gasteiger partial charge in [0.2, 0.25) is 5.91 Å². The van der Waals surface area contributed by atoms with E-state index < -0.39 is 0 Å². The summed E-state index contributed by atoms with van der Waals surface area (Å²) in [5, 5.41) is 2.89. The lowest BCUT2D eigenvalue weighted by Gasteiger charge is -2.20. The zero-order valence-electron chi connectivity index (χ0n) is 14.1. The summed E-state index contributed by atoms with van der Waals surface area (Å²) >= 11 is 0. The molecule has 1 aliphatic heterocycles. The molecular weight excluding hydrogens is 292 g/mol. The molecule has 5 heteroatoms. The van der Waals surface area contributed by atoms with E-state index in [0.717, 1.165) is 48.7 Å². The fourth-order valence-electron chi connectivity index (χ4n) is 2.50. The summed E-state index contributed by atoms with van der Waals surface area (Å²) in [5.74, 6) is 1.56. The molecule has 1 aromatic rings. The summed E-state index contributed by atoms with van der Waals surface area (Å²) in [7, 11) is 0. The lowest BCUT2D eigenvalue weighted by Crippen LogP contribution is -2.32. The SMILES string of the molecule is C=C(C)COc1ccc(CN2CCCNC(=O)C2)cc1OCC. The summed E-state index contributed by atoms with van der Waals surface area (Å²) in [6.07, 6.45) is 0.976. The van der Waals surface area contributed by atoms with Gasteiger partial charge in [-0.3, -0.25) is 9.69 Å². The van der Waals surface area contributed by atoms with Gasteiger partial charge in [0.25, 0.3) is 0 Å². The standard InChI is InChI=1S/C18H26N2O3/c1-4-22-17-10-15(6-7-16(17)23-13-14(2)3)11-20-9-5-8-19-18(21)12-20/h6-7,10H,2,4-5,8-9,11-13H2,1,3H3,(H,19,21). The first-order valence-corrected chi connectivity index (χ1v) is 8.10. The molecule has 1 fully saturated rings. The normalized spacial score (nSPS) is 15.7. The van der Waals surface area contributed by atoms with Crippen molar-refractivity contribution in [1.82, 2.24) is 10.2 Å². The van der Waals surface area contributed by atoms with Crippen LogP contribution in [0.15, 0.2) is 30.4 Å². The molecule has 5 nitrogen and oxygen atoms in total. The number of nitrogens with zero attached hydrogens (tertiary/aromatic N) is 1. The maximum atomic E-state index is 11.7. The Morgan fingerprint density at radius 1 is 1.35 bits per heavy atom. The quantitative estimate of drug-likeness (QED) is 0.784. The van der Waals surface area contributed by atoms with Crippen molar-refractivity contribution >= 4 is 5.91 Å². The first kappa shape index (κ1) is 17.3. The molecule has 0 saturated carbocycles. The lowest BCUT2D eigenvalue weighted by molar-refractivity contribution is -0.121. The molecule has 1 N–H and O–H groups in total. The van der Waals surface area contributed by atoms with Gasteiger partial charge in [-0.1, -0.05) is 12.6 Å². The molecule has 1 aromatic carbocycles. The third-order valence-corrected chi connectivity index (χ3v) is 3.53. The first-order valence-electron chi connectivity index (χ1n) is 8.10. The highest BCUT2D eigenvalue weighted by Crippen LogP contribution is 2.29. The molecule has 0 aromatic heterocycles. The molecule has 0 radical (unpaired) electrons. The van der Waals surface area contributed by atoms with Crippen LogP contribution in [0.3, 0.4) is 0 Å². The van der Waals surface area contributed by atoms with E-state index in [1.54, 1.807) is 0 Å². The van der Waals surface area contributed by atoms with E-state index in [4.69, 9.17) is 9.47 Å². The minimum Gasteiger partial charge on any atom is -0.490 e. The Labute approximate surface area is 138 Å². The molecule has 0 atom stereocenters. The topological polar surface area (TPSA) is 50.8 Å². The number of nitrogens with one attached hydrogen (secondary N) is 1. The van der Waals surface area contributed by atoms with Crippen LogP contribution in [0.5, 0.6) is 11.5 Å². The smallest absolute Gasteiger partial charge is 0.234 e. The monoisotopic (exact) mass is 318 g/mol. The van der Waals surface area contributed by atoms with E-state index in [0.29, 0.717) is 19.8 Å². The zero-order chi connectivity index (χ0) is 16.7. The molecule has 23 heavy (non-hydrogen) atoms. The summed E-state index contributed by atoms with van der Waals surface area (Å²) < 4.78 is 11.4. The van der Waals surface area contributed by atoms with E-state index in [2.05, 4.69) is 16.8 Å². The predicted molar refractivity (Wildman–Crippen MR) is 90.8 cm³/mol. The second-order valence-electron chi connectivity index (χ2n) is 5.87. The van der Waals surface area contributed by atoms with E-state index in [1.165, 1.54) is 0 Å². The highest BCUT2D eigenvalue weighted by Gasteiger charge is 2.15.